The Morgan fingerprint density at radius 2 is 1.94 bits per heavy atom. The summed E-state index contributed by atoms with van der Waals surface area (Å²) in [6, 6.07) is 10.1. The van der Waals surface area contributed by atoms with Crippen LogP contribution in [0.2, 0.25) is 0 Å². The molecule has 0 spiro atoms. The van der Waals surface area contributed by atoms with Crippen LogP contribution < -0.4 is 0 Å². The van der Waals surface area contributed by atoms with Crippen molar-refractivity contribution in [1.29, 1.82) is 0 Å². The maximum absolute atomic E-state index is 3.03. The predicted molar refractivity (Wildman–Crippen MR) is 70.6 cm³/mol. The highest BCUT2D eigenvalue weighted by Crippen LogP contribution is 1.99. The maximum atomic E-state index is 3.03. The molecule has 16 heavy (non-hydrogen) atoms. The Kier molecular flexibility index (Phi) is 6.37. The fourth-order valence-electron chi connectivity index (χ4n) is 1.15. The summed E-state index contributed by atoms with van der Waals surface area (Å²) in [5, 5.41) is 0. The average molecular weight is 208 g/mol. The Hall–Kier alpha value is -1.92. The van der Waals surface area contributed by atoms with E-state index in [2.05, 4.69) is 30.6 Å². The molecule has 0 aliphatic heterocycles. The molecule has 0 aliphatic carbocycles. The molecule has 0 heterocycles. The molecule has 1 aromatic carbocycles. The third kappa shape index (κ3) is 5.74. The quantitative estimate of drug-likeness (QED) is 0.522. The van der Waals surface area contributed by atoms with E-state index in [1.807, 2.05) is 42.5 Å². The monoisotopic (exact) mass is 208 g/mol. The normalized spacial score (nSPS) is 9.06. The van der Waals surface area contributed by atoms with E-state index in [0.717, 1.165) is 18.4 Å². The fraction of sp³-hybridized carbons (Fsp3) is 0.250. The first-order valence-electron chi connectivity index (χ1n) is 5.63. The molecule has 0 N–H and O–H groups in total. The number of hydrogen-bond acceptors (Lipinski definition) is 0. The van der Waals surface area contributed by atoms with Gasteiger partial charge in [-0.3, -0.25) is 0 Å². The van der Waals surface area contributed by atoms with Crippen LogP contribution in [-0.4, -0.2) is 0 Å². The number of unbranched alkanes of at least 4 members (excludes halogenated alkanes) is 2. The summed E-state index contributed by atoms with van der Waals surface area (Å²) in [6.45, 7) is 2.16. The lowest BCUT2D eigenvalue weighted by atomic mass is 10.2. The van der Waals surface area contributed by atoms with Gasteiger partial charge in [0, 0.05) is 6.42 Å². The zero-order valence-electron chi connectivity index (χ0n) is 9.66. The fourth-order valence-corrected chi connectivity index (χ4v) is 1.15. The molecule has 0 fully saturated rings. The van der Waals surface area contributed by atoms with Crippen molar-refractivity contribution in [3.63, 3.8) is 0 Å². The van der Waals surface area contributed by atoms with Crippen LogP contribution in [0.5, 0.6) is 0 Å². The van der Waals surface area contributed by atoms with Gasteiger partial charge in [-0.25, -0.2) is 0 Å². The SMILES string of the molecule is CCCCC#CC#C/C=C/c1ccccc1. The number of rotatable bonds is 3. The lowest BCUT2D eigenvalue weighted by Gasteiger charge is -1.86. The van der Waals surface area contributed by atoms with Crippen LogP contribution in [0.25, 0.3) is 6.08 Å². The van der Waals surface area contributed by atoms with Crippen molar-refractivity contribution in [1.82, 2.24) is 0 Å². The zero-order chi connectivity index (χ0) is 11.5. The lowest BCUT2D eigenvalue weighted by molar-refractivity contribution is 0.828. The van der Waals surface area contributed by atoms with E-state index in [9.17, 15) is 0 Å². The molecule has 0 nitrogen and oxygen atoms in total. The van der Waals surface area contributed by atoms with E-state index in [-0.39, 0.29) is 0 Å². The molecule has 0 saturated carbocycles. The standard InChI is InChI=1S/C16H16/c1-2-3-4-5-6-7-8-10-13-16-14-11-9-12-15-16/h9-15H,2-4H2,1H3/b13-10+. The first-order chi connectivity index (χ1) is 7.93. The molecule has 0 saturated heterocycles. The molecule has 1 rings (SSSR count). The van der Waals surface area contributed by atoms with Crippen molar-refractivity contribution in [3.05, 3.63) is 42.0 Å². The Labute approximate surface area is 98.4 Å². The van der Waals surface area contributed by atoms with Gasteiger partial charge in [0.1, 0.15) is 0 Å². The molecular formula is C16H16. The van der Waals surface area contributed by atoms with Crippen LogP contribution in [0.3, 0.4) is 0 Å². The molecule has 0 atom stereocenters. The summed E-state index contributed by atoms with van der Waals surface area (Å²) in [5.41, 5.74) is 1.16. The topological polar surface area (TPSA) is 0 Å². The van der Waals surface area contributed by atoms with Crippen LogP contribution in [-0.2, 0) is 0 Å². The summed E-state index contributed by atoms with van der Waals surface area (Å²) in [5.74, 6) is 11.6. The predicted octanol–water partition coefficient (Wildman–Crippen LogP) is 3.90. The van der Waals surface area contributed by atoms with Crippen LogP contribution in [0, 0.1) is 23.7 Å². The molecule has 0 bridgehead atoms. The van der Waals surface area contributed by atoms with Crippen molar-refractivity contribution in [2.24, 2.45) is 0 Å². The molecular weight excluding hydrogens is 192 g/mol. The van der Waals surface area contributed by atoms with Gasteiger partial charge in [-0.05, 0) is 36.0 Å². The second kappa shape index (κ2) is 8.39. The molecule has 0 heteroatoms. The minimum absolute atomic E-state index is 0.952. The minimum atomic E-state index is 0.952. The molecule has 1 aromatic rings. The maximum Gasteiger partial charge on any atom is 0.00988 e. The highest BCUT2D eigenvalue weighted by molar-refractivity contribution is 5.53. The van der Waals surface area contributed by atoms with Crippen molar-refractivity contribution < 1.29 is 0 Å². The van der Waals surface area contributed by atoms with Crippen LogP contribution in [0.15, 0.2) is 36.4 Å². The van der Waals surface area contributed by atoms with Crippen molar-refractivity contribution in [2.45, 2.75) is 26.2 Å². The summed E-state index contributed by atoms with van der Waals surface area (Å²) in [6.07, 6.45) is 7.13. The third-order valence-electron chi connectivity index (χ3n) is 2.04. The van der Waals surface area contributed by atoms with E-state index in [1.54, 1.807) is 0 Å². The Bertz CT molecular complexity index is 430. The highest BCUT2D eigenvalue weighted by Gasteiger charge is 1.79. The molecule has 0 aliphatic rings. The molecule has 0 amide bonds. The van der Waals surface area contributed by atoms with Gasteiger partial charge in [0.25, 0.3) is 0 Å². The molecule has 80 valence electrons. The first kappa shape index (κ1) is 12.2. The van der Waals surface area contributed by atoms with E-state index in [1.165, 1.54) is 6.42 Å². The van der Waals surface area contributed by atoms with Gasteiger partial charge in [-0.15, -0.1) is 0 Å². The van der Waals surface area contributed by atoms with Crippen LogP contribution >= 0.6 is 0 Å². The minimum Gasteiger partial charge on any atom is -0.0891 e. The van der Waals surface area contributed by atoms with Gasteiger partial charge in [-0.2, -0.15) is 0 Å². The Balaban J connectivity index is 2.36. The van der Waals surface area contributed by atoms with Gasteiger partial charge >= 0.3 is 0 Å². The van der Waals surface area contributed by atoms with Crippen molar-refractivity contribution in [3.8, 4) is 23.7 Å². The first-order valence-corrected chi connectivity index (χ1v) is 5.63. The third-order valence-corrected chi connectivity index (χ3v) is 2.04. The largest absolute Gasteiger partial charge is 0.0891 e. The van der Waals surface area contributed by atoms with E-state index in [0.29, 0.717) is 0 Å². The van der Waals surface area contributed by atoms with Gasteiger partial charge in [0.15, 0.2) is 0 Å². The van der Waals surface area contributed by atoms with Gasteiger partial charge in [0.05, 0.1) is 0 Å². The molecule has 0 radical (unpaired) electrons. The summed E-state index contributed by atoms with van der Waals surface area (Å²) in [4.78, 5) is 0. The summed E-state index contributed by atoms with van der Waals surface area (Å²) >= 11 is 0. The van der Waals surface area contributed by atoms with E-state index in [4.69, 9.17) is 0 Å². The van der Waals surface area contributed by atoms with Crippen LogP contribution in [0.4, 0.5) is 0 Å². The molecule has 0 unspecified atom stereocenters. The van der Waals surface area contributed by atoms with Gasteiger partial charge in [-0.1, -0.05) is 55.5 Å². The van der Waals surface area contributed by atoms with Gasteiger partial charge in [0.2, 0.25) is 0 Å². The zero-order valence-corrected chi connectivity index (χ0v) is 9.66. The Morgan fingerprint density at radius 3 is 2.69 bits per heavy atom. The highest BCUT2D eigenvalue weighted by atomic mass is 13.8. The number of benzene rings is 1. The van der Waals surface area contributed by atoms with Crippen molar-refractivity contribution in [2.75, 3.05) is 0 Å². The summed E-state index contributed by atoms with van der Waals surface area (Å²) < 4.78 is 0. The lowest BCUT2D eigenvalue weighted by Crippen LogP contribution is -1.67. The summed E-state index contributed by atoms with van der Waals surface area (Å²) in [7, 11) is 0. The van der Waals surface area contributed by atoms with E-state index < -0.39 is 0 Å². The Morgan fingerprint density at radius 1 is 1.12 bits per heavy atom. The second-order valence-corrected chi connectivity index (χ2v) is 3.42. The van der Waals surface area contributed by atoms with E-state index >= 15 is 0 Å². The smallest absolute Gasteiger partial charge is 0.00988 e. The van der Waals surface area contributed by atoms with Crippen molar-refractivity contribution >= 4 is 6.08 Å². The molecule has 0 aromatic heterocycles. The second-order valence-electron chi connectivity index (χ2n) is 3.42. The van der Waals surface area contributed by atoms with Gasteiger partial charge < -0.3 is 0 Å². The number of allylic oxidation sites excluding steroid dienone is 1. The number of hydrogen-bond donors (Lipinski definition) is 0. The average Bonchev–Trinajstić information content (AvgIpc) is 2.34. The van der Waals surface area contributed by atoms with Crippen LogP contribution in [0.1, 0.15) is 31.7 Å².